The van der Waals surface area contributed by atoms with Crippen LogP contribution < -0.4 is 5.32 Å². The Balaban J connectivity index is 1.91. The third-order valence-corrected chi connectivity index (χ3v) is 4.00. The van der Waals surface area contributed by atoms with Gasteiger partial charge in [-0.3, -0.25) is 4.79 Å². The topological polar surface area (TPSA) is 29.1 Å². The van der Waals surface area contributed by atoms with Crippen LogP contribution in [0.4, 0.5) is 0 Å². The third kappa shape index (κ3) is 3.62. The van der Waals surface area contributed by atoms with Crippen LogP contribution in [0.25, 0.3) is 0 Å². The number of carbonyl (C=O) groups excluding carboxylic acids is 1. The Morgan fingerprint density at radius 2 is 2.06 bits per heavy atom. The molecule has 18 heavy (non-hydrogen) atoms. The molecule has 1 heterocycles. The number of thiol groups is 1. The number of thiophene rings is 1. The SMILES string of the molecule is CC(NC(=O)Cc1ccc(S)cc1)c1cccs1. The van der Waals surface area contributed by atoms with Crippen molar-refractivity contribution in [3.8, 4) is 0 Å². The van der Waals surface area contributed by atoms with E-state index in [0.29, 0.717) is 6.42 Å². The van der Waals surface area contributed by atoms with Gasteiger partial charge in [-0.05, 0) is 36.1 Å². The largest absolute Gasteiger partial charge is 0.348 e. The highest BCUT2D eigenvalue weighted by molar-refractivity contribution is 7.80. The molecule has 0 aliphatic rings. The summed E-state index contributed by atoms with van der Waals surface area (Å²) in [5.41, 5.74) is 1.00. The van der Waals surface area contributed by atoms with Crippen molar-refractivity contribution in [1.29, 1.82) is 0 Å². The van der Waals surface area contributed by atoms with Crippen molar-refractivity contribution in [3.05, 3.63) is 52.2 Å². The van der Waals surface area contributed by atoms with Gasteiger partial charge < -0.3 is 5.32 Å². The lowest BCUT2D eigenvalue weighted by atomic mass is 10.1. The van der Waals surface area contributed by atoms with E-state index < -0.39 is 0 Å². The minimum atomic E-state index is 0.0443. The number of nitrogens with one attached hydrogen (secondary N) is 1. The molecule has 2 rings (SSSR count). The van der Waals surface area contributed by atoms with Crippen molar-refractivity contribution in [3.63, 3.8) is 0 Å². The van der Waals surface area contributed by atoms with Crippen LogP contribution >= 0.6 is 24.0 Å². The summed E-state index contributed by atoms with van der Waals surface area (Å²) in [6, 6.07) is 11.7. The molecule has 0 spiro atoms. The average molecular weight is 277 g/mol. The molecule has 1 amide bonds. The first-order valence-electron chi connectivity index (χ1n) is 5.76. The molecule has 2 aromatic rings. The molecule has 0 aliphatic heterocycles. The van der Waals surface area contributed by atoms with Gasteiger partial charge in [0.1, 0.15) is 0 Å². The number of benzene rings is 1. The van der Waals surface area contributed by atoms with Gasteiger partial charge >= 0.3 is 0 Å². The fourth-order valence-electron chi connectivity index (χ4n) is 1.70. The molecule has 2 nitrogen and oxygen atoms in total. The molecule has 0 saturated carbocycles. The highest BCUT2D eigenvalue weighted by Crippen LogP contribution is 2.18. The fraction of sp³-hybridized carbons (Fsp3) is 0.214. The van der Waals surface area contributed by atoms with E-state index in [1.165, 1.54) is 4.88 Å². The van der Waals surface area contributed by atoms with Crippen LogP contribution in [0.5, 0.6) is 0 Å². The molecule has 4 heteroatoms. The minimum absolute atomic E-state index is 0.0443. The van der Waals surface area contributed by atoms with Gasteiger partial charge in [-0.1, -0.05) is 18.2 Å². The standard InChI is InChI=1S/C14H15NOS2/c1-10(13-3-2-8-18-13)15-14(16)9-11-4-6-12(17)7-5-11/h2-8,10,17H,9H2,1H3,(H,15,16). The molecule has 1 aromatic carbocycles. The maximum Gasteiger partial charge on any atom is 0.224 e. The summed E-state index contributed by atoms with van der Waals surface area (Å²) in [5, 5.41) is 5.02. The number of hydrogen-bond acceptors (Lipinski definition) is 3. The van der Waals surface area contributed by atoms with E-state index in [2.05, 4.69) is 17.9 Å². The number of amides is 1. The number of rotatable bonds is 4. The molecule has 1 atom stereocenters. The summed E-state index contributed by atoms with van der Waals surface area (Å²) in [4.78, 5) is 14.0. The van der Waals surface area contributed by atoms with Crippen LogP contribution in [-0.4, -0.2) is 5.91 Å². The average Bonchev–Trinajstić information content (AvgIpc) is 2.85. The Morgan fingerprint density at radius 1 is 1.33 bits per heavy atom. The summed E-state index contributed by atoms with van der Waals surface area (Å²) in [5.74, 6) is 0.0443. The molecule has 0 bridgehead atoms. The molecular formula is C14H15NOS2. The van der Waals surface area contributed by atoms with Gasteiger partial charge in [0.25, 0.3) is 0 Å². The smallest absolute Gasteiger partial charge is 0.224 e. The van der Waals surface area contributed by atoms with Crippen LogP contribution in [0.3, 0.4) is 0 Å². The van der Waals surface area contributed by atoms with Gasteiger partial charge in [-0.2, -0.15) is 0 Å². The molecule has 0 radical (unpaired) electrons. The van der Waals surface area contributed by atoms with E-state index in [0.717, 1.165) is 10.5 Å². The van der Waals surface area contributed by atoms with E-state index in [1.807, 2.05) is 48.7 Å². The van der Waals surface area contributed by atoms with Gasteiger partial charge in [0.2, 0.25) is 5.91 Å². The summed E-state index contributed by atoms with van der Waals surface area (Å²) in [7, 11) is 0. The van der Waals surface area contributed by atoms with E-state index in [-0.39, 0.29) is 11.9 Å². The van der Waals surface area contributed by atoms with Crippen LogP contribution in [0, 0.1) is 0 Å². The first kappa shape index (κ1) is 13.2. The van der Waals surface area contributed by atoms with Gasteiger partial charge in [-0.15, -0.1) is 24.0 Å². The zero-order chi connectivity index (χ0) is 13.0. The van der Waals surface area contributed by atoms with Crippen LogP contribution in [0.15, 0.2) is 46.7 Å². The Labute approximate surface area is 116 Å². The monoisotopic (exact) mass is 277 g/mol. The second-order valence-corrected chi connectivity index (χ2v) is 5.64. The fourth-order valence-corrected chi connectivity index (χ4v) is 2.58. The second-order valence-electron chi connectivity index (χ2n) is 4.15. The summed E-state index contributed by atoms with van der Waals surface area (Å²) >= 11 is 5.88. The Kier molecular flexibility index (Phi) is 4.44. The third-order valence-electron chi connectivity index (χ3n) is 2.65. The maximum atomic E-state index is 11.9. The predicted octanol–water partition coefficient (Wildman–Crippen LogP) is 3.46. The molecule has 1 unspecified atom stereocenters. The summed E-state index contributed by atoms with van der Waals surface area (Å²) in [6.07, 6.45) is 0.407. The van der Waals surface area contributed by atoms with E-state index in [9.17, 15) is 4.79 Å². The Hall–Kier alpha value is -1.26. The number of carbonyl (C=O) groups is 1. The van der Waals surface area contributed by atoms with Gasteiger partial charge in [0.05, 0.1) is 12.5 Å². The van der Waals surface area contributed by atoms with Crippen molar-refractivity contribution in [1.82, 2.24) is 5.32 Å². The maximum absolute atomic E-state index is 11.9. The Morgan fingerprint density at radius 3 is 2.67 bits per heavy atom. The highest BCUT2D eigenvalue weighted by atomic mass is 32.1. The van der Waals surface area contributed by atoms with Crippen molar-refractivity contribution in [2.75, 3.05) is 0 Å². The lowest BCUT2D eigenvalue weighted by Crippen LogP contribution is -2.27. The van der Waals surface area contributed by atoms with Crippen molar-refractivity contribution in [2.45, 2.75) is 24.3 Å². The molecule has 0 saturated heterocycles. The van der Waals surface area contributed by atoms with Crippen LogP contribution in [0.1, 0.15) is 23.4 Å². The predicted molar refractivity (Wildman–Crippen MR) is 78.3 cm³/mol. The zero-order valence-electron chi connectivity index (χ0n) is 10.1. The van der Waals surface area contributed by atoms with Gasteiger partial charge in [0, 0.05) is 9.77 Å². The first-order valence-corrected chi connectivity index (χ1v) is 7.08. The molecule has 0 fully saturated rings. The molecule has 94 valence electrons. The summed E-state index contributed by atoms with van der Waals surface area (Å²) < 4.78 is 0. The van der Waals surface area contributed by atoms with Gasteiger partial charge in [0.15, 0.2) is 0 Å². The van der Waals surface area contributed by atoms with Gasteiger partial charge in [-0.25, -0.2) is 0 Å². The van der Waals surface area contributed by atoms with E-state index in [4.69, 9.17) is 0 Å². The first-order chi connectivity index (χ1) is 8.65. The lowest BCUT2D eigenvalue weighted by Gasteiger charge is -2.12. The minimum Gasteiger partial charge on any atom is -0.348 e. The van der Waals surface area contributed by atoms with Crippen molar-refractivity contribution in [2.24, 2.45) is 0 Å². The van der Waals surface area contributed by atoms with E-state index in [1.54, 1.807) is 11.3 Å². The van der Waals surface area contributed by atoms with Crippen molar-refractivity contribution >= 4 is 29.9 Å². The quantitative estimate of drug-likeness (QED) is 0.823. The second kappa shape index (κ2) is 6.07. The van der Waals surface area contributed by atoms with Crippen molar-refractivity contribution < 1.29 is 4.79 Å². The number of hydrogen-bond donors (Lipinski definition) is 2. The zero-order valence-corrected chi connectivity index (χ0v) is 11.8. The molecule has 1 N–H and O–H groups in total. The molecule has 0 aliphatic carbocycles. The molecule has 1 aromatic heterocycles. The highest BCUT2D eigenvalue weighted by Gasteiger charge is 2.10. The van der Waals surface area contributed by atoms with Crippen LogP contribution in [-0.2, 0) is 11.2 Å². The molecular weight excluding hydrogens is 262 g/mol. The summed E-state index contributed by atoms with van der Waals surface area (Å²) in [6.45, 7) is 2.00. The Bertz CT molecular complexity index is 505. The lowest BCUT2D eigenvalue weighted by molar-refractivity contribution is -0.121. The normalized spacial score (nSPS) is 12.1. The van der Waals surface area contributed by atoms with E-state index >= 15 is 0 Å². The van der Waals surface area contributed by atoms with Crippen LogP contribution in [0.2, 0.25) is 0 Å².